The van der Waals surface area contributed by atoms with Crippen molar-refractivity contribution in [2.75, 3.05) is 25.0 Å². The Bertz CT molecular complexity index is 883. The van der Waals surface area contributed by atoms with Crippen LogP contribution in [-0.4, -0.2) is 34.5 Å². The van der Waals surface area contributed by atoms with Crippen molar-refractivity contribution in [3.8, 4) is 11.4 Å². The number of hydrogen-bond acceptors (Lipinski definition) is 5. The molecule has 4 nitrogen and oxygen atoms in total. The first kappa shape index (κ1) is 16.9. The number of nitrogens with one attached hydrogen (secondary N) is 1. The SMILES string of the molecule is CC(c1ccccc1)N1C[C@@H]2C(CNc3nc(-c4ccccn4)cs3)[C@@H]2C1. The smallest absolute Gasteiger partial charge is 0.183 e. The van der Waals surface area contributed by atoms with Gasteiger partial charge in [0.05, 0.1) is 5.69 Å². The molecule has 5 heteroatoms. The van der Waals surface area contributed by atoms with E-state index in [9.17, 15) is 0 Å². The van der Waals surface area contributed by atoms with Gasteiger partial charge < -0.3 is 5.32 Å². The Balaban J connectivity index is 1.13. The maximum absolute atomic E-state index is 4.69. The van der Waals surface area contributed by atoms with Crippen LogP contribution in [0.25, 0.3) is 11.4 Å². The second-order valence-electron chi connectivity index (χ2n) is 7.67. The van der Waals surface area contributed by atoms with Gasteiger partial charge in [0, 0.05) is 37.3 Å². The Kier molecular flexibility index (Phi) is 4.42. The van der Waals surface area contributed by atoms with Crippen molar-refractivity contribution in [2.45, 2.75) is 13.0 Å². The summed E-state index contributed by atoms with van der Waals surface area (Å²) < 4.78 is 0. The Morgan fingerprint density at radius 2 is 1.85 bits per heavy atom. The number of piperidine rings is 1. The molecule has 5 rings (SSSR count). The molecule has 1 saturated heterocycles. The normalized spacial score (nSPS) is 25.1. The van der Waals surface area contributed by atoms with E-state index < -0.39 is 0 Å². The average Bonchev–Trinajstić information content (AvgIpc) is 3.10. The van der Waals surface area contributed by atoms with Crippen LogP contribution in [0.5, 0.6) is 0 Å². The fraction of sp³-hybridized carbons (Fsp3) is 0.364. The van der Waals surface area contributed by atoms with Crippen LogP contribution in [0.1, 0.15) is 18.5 Å². The van der Waals surface area contributed by atoms with Gasteiger partial charge >= 0.3 is 0 Å². The van der Waals surface area contributed by atoms with Crippen molar-refractivity contribution in [1.82, 2.24) is 14.9 Å². The Labute approximate surface area is 164 Å². The highest BCUT2D eigenvalue weighted by atomic mass is 32.1. The number of hydrogen-bond donors (Lipinski definition) is 1. The lowest BCUT2D eigenvalue weighted by Crippen LogP contribution is -2.28. The topological polar surface area (TPSA) is 41.0 Å². The number of aromatic nitrogens is 2. The molecule has 3 heterocycles. The minimum Gasteiger partial charge on any atom is -0.361 e. The number of fused-ring (bicyclic) bond motifs is 1. The highest BCUT2D eigenvalue weighted by Gasteiger charge is 2.55. The summed E-state index contributed by atoms with van der Waals surface area (Å²) in [6, 6.07) is 17.3. The first-order valence-corrected chi connectivity index (χ1v) is 10.6. The van der Waals surface area contributed by atoms with E-state index in [1.807, 2.05) is 24.4 Å². The third-order valence-corrected chi connectivity index (χ3v) is 6.95. The molecular formula is C22H24N4S. The van der Waals surface area contributed by atoms with Gasteiger partial charge in [-0.3, -0.25) is 9.88 Å². The Hall–Kier alpha value is -2.24. The number of pyridine rings is 1. The number of rotatable bonds is 6. The predicted molar refractivity (Wildman–Crippen MR) is 111 cm³/mol. The highest BCUT2D eigenvalue weighted by Crippen LogP contribution is 2.53. The van der Waals surface area contributed by atoms with Crippen LogP contribution in [-0.2, 0) is 0 Å². The van der Waals surface area contributed by atoms with E-state index in [-0.39, 0.29) is 0 Å². The summed E-state index contributed by atoms with van der Waals surface area (Å²) in [6.45, 7) is 5.83. The maximum Gasteiger partial charge on any atom is 0.183 e. The van der Waals surface area contributed by atoms with E-state index >= 15 is 0 Å². The lowest BCUT2D eigenvalue weighted by molar-refractivity contribution is 0.224. The van der Waals surface area contributed by atoms with E-state index in [0.717, 1.165) is 40.8 Å². The van der Waals surface area contributed by atoms with Crippen molar-refractivity contribution >= 4 is 16.5 Å². The van der Waals surface area contributed by atoms with E-state index in [1.165, 1.54) is 18.7 Å². The van der Waals surface area contributed by atoms with Gasteiger partial charge in [-0.15, -0.1) is 11.3 Å². The molecule has 2 fully saturated rings. The van der Waals surface area contributed by atoms with Crippen LogP contribution in [0.4, 0.5) is 5.13 Å². The quantitative estimate of drug-likeness (QED) is 0.685. The lowest BCUT2D eigenvalue weighted by Gasteiger charge is -2.27. The molecule has 2 aliphatic rings. The summed E-state index contributed by atoms with van der Waals surface area (Å²) in [5, 5.41) is 6.66. The van der Waals surface area contributed by atoms with E-state index in [2.05, 4.69) is 57.8 Å². The van der Waals surface area contributed by atoms with Gasteiger partial charge in [-0.25, -0.2) is 4.98 Å². The summed E-state index contributed by atoms with van der Waals surface area (Å²) in [7, 11) is 0. The van der Waals surface area contributed by atoms with Gasteiger partial charge in [0.2, 0.25) is 0 Å². The highest BCUT2D eigenvalue weighted by molar-refractivity contribution is 7.14. The molecule has 1 N–H and O–H groups in total. The molecule has 1 saturated carbocycles. The third kappa shape index (κ3) is 3.37. The zero-order valence-corrected chi connectivity index (χ0v) is 16.3. The van der Waals surface area contributed by atoms with Crippen LogP contribution in [0.15, 0.2) is 60.1 Å². The lowest BCUT2D eigenvalue weighted by atomic mass is 10.1. The summed E-state index contributed by atoms with van der Waals surface area (Å²) in [4.78, 5) is 11.7. The van der Waals surface area contributed by atoms with E-state index in [4.69, 9.17) is 4.98 Å². The largest absolute Gasteiger partial charge is 0.361 e. The molecule has 3 aromatic rings. The number of benzene rings is 1. The standard InChI is InChI=1S/C22H24N4S/c1-15(16-7-3-2-4-8-16)26-12-18-17(19(18)13-26)11-24-22-25-21(14-27-22)20-9-5-6-10-23-20/h2-10,14-15,17-19H,11-13H2,1H3,(H,24,25)/t15?,17?,18-,19+. The van der Waals surface area contributed by atoms with Crippen LogP contribution >= 0.6 is 11.3 Å². The Morgan fingerprint density at radius 1 is 1.07 bits per heavy atom. The molecule has 0 spiro atoms. The van der Waals surface area contributed by atoms with Crippen LogP contribution in [0.3, 0.4) is 0 Å². The fourth-order valence-corrected chi connectivity index (χ4v) is 5.15. The second kappa shape index (κ2) is 7.06. The molecule has 2 aromatic heterocycles. The molecule has 1 aliphatic heterocycles. The molecular weight excluding hydrogens is 352 g/mol. The van der Waals surface area contributed by atoms with E-state index in [0.29, 0.717) is 6.04 Å². The number of likely N-dealkylation sites (tertiary alicyclic amines) is 1. The zero-order chi connectivity index (χ0) is 18.2. The van der Waals surface area contributed by atoms with Gasteiger partial charge in [-0.2, -0.15) is 0 Å². The van der Waals surface area contributed by atoms with Crippen molar-refractivity contribution in [3.05, 3.63) is 65.7 Å². The molecule has 1 aliphatic carbocycles. The van der Waals surface area contributed by atoms with Crippen molar-refractivity contribution in [2.24, 2.45) is 17.8 Å². The molecule has 0 bridgehead atoms. The predicted octanol–water partition coefficient (Wildman–Crippen LogP) is 4.56. The second-order valence-corrected chi connectivity index (χ2v) is 8.52. The monoisotopic (exact) mass is 376 g/mol. The van der Waals surface area contributed by atoms with Gasteiger partial charge in [0.25, 0.3) is 0 Å². The summed E-state index contributed by atoms with van der Waals surface area (Å²) in [5.41, 5.74) is 3.33. The van der Waals surface area contributed by atoms with Gasteiger partial charge in [-0.05, 0) is 42.4 Å². The van der Waals surface area contributed by atoms with Crippen LogP contribution < -0.4 is 5.32 Å². The molecule has 2 unspecified atom stereocenters. The summed E-state index contributed by atoms with van der Waals surface area (Å²) >= 11 is 1.67. The first-order chi connectivity index (χ1) is 13.3. The Morgan fingerprint density at radius 3 is 2.59 bits per heavy atom. The van der Waals surface area contributed by atoms with Gasteiger partial charge in [0.15, 0.2) is 5.13 Å². The molecule has 4 atom stereocenters. The number of anilines is 1. The molecule has 0 radical (unpaired) electrons. The minimum atomic E-state index is 0.521. The van der Waals surface area contributed by atoms with E-state index in [1.54, 1.807) is 11.3 Å². The van der Waals surface area contributed by atoms with Crippen LogP contribution in [0, 0.1) is 17.8 Å². The zero-order valence-electron chi connectivity index (χ0n) is 15.5. The van der Waals surface area contributed by atoms with Crippen LogP contribution in [0.2, 0.25) is 0 Å². The van der Waals surface area contributed by atoms with Gasteiger partial charge in [0.1, 0.15) is 5.69 Å². The van der Waals surface area contributed by atoms with Gasteiger partial charge in [-0.1, -0.05) is 36.4 Å². The summed E-state index contributed by atoms with van der Waals surface area (Å²) in [5.74, 6) is 2.49. The molecule has 138 valence electrons. The summed E-state index contributed by atoms with van der Waals surface area (Å²) in [6.07, 6.45) is 1.81. The molecule has 0 amide bonds. The van der Waals surface area contributed by atoms with Crippen molar-refractivity contribution in [3.63, 3.8) is 0 Å². The third-order valence-electron chi connectivity index (χ3n) is 6.15. The minimum absolute atomic E-state index is 0.521. The van der Waals surface area contributed by atoms with Crippen molar-refractivity contribution < 1.29 is 0 Å². The fourth-order valence-electron chi connectivity index (χ4n) is 4.44. The van der Waals surface area contributed by atoms with Crippen molar-refractivity contribution in [1.29, 1.82) is 0 Å². The number of nitrogens with zero attached hydrogens (tertiary/aromatic N) is 3. The number of thiazole rings is 1. The molecule has 1 aromatic carbocycles. The maximum atomic E-state index is 4.69. The first-order valence-electron chi connectivity index (χ1n) is 9.69. The molecule has 27 heavy (non-hydrogen) atoms. The average molecular weight is 377 g/mol.